The lowest BCUT2D eigenvalue weighted by molar-refractivity contribution is -0.0468. The maximum Gasteiger partial charge on any atom is 0.202 e. The lowest BCUT2D eigenvalue weighted by Gasteiger charge is -2.03. The van der Waals surface area contributed by atoms with E-state index in [4.69, 9.17) is 27.4 Å². The Bertz CT molecular complexity index is 320. The van der Waals surface area contributed by atoms with Crippen LogP contribution in [-0.4, -0.2) is 23.2 Å². The molecule has 0 spiro atoms. The van der Waals surface area contributed by atoms with Gasteiger partial charge in [0, 0.05) is 5.38 Å². The van der Waals surface area contributed by atoms with Crippen molar-refractivity contribution in [3.63, 3.8) is 0 Å². The van der Waals surface area contributed by atoms with E-state index in [0.29, 0.717) is 23.2 Å². The minimum Gasteiger partial charge on any atom is -0.387 e. The Balaban J connectivity index is 2.16. The van der Waals surface area contributed by atoms with Gasteiger partial charge in [0.05, 0.1) is 13.2 Å². The summed E-state index contributed by atoms with van der Waals surface area (Å²) in [5.41, 5.74) is 6.18. The smallest absolute Gasteiger partial charge is 0.202 e. The third kappa shape index (κ3) is 1.86. The van der Waals surface area contributed by atoms with Gasteiger partial charge in [-0.3, -0.25) is 0 Å². The average Bonchev–Trinajstić information content (AvgIpc) is 2.75. The van der Waals surface area contributed by atoms with Crippen molar-refractivity contribution in [3.8, 4) is 0 Å². The highest BCUT2D eigenvalue weighted by Crippen LogP contribution is 2.24. The van der Waals surface area contributed by atoms with Gasteiger partial charge in [-0.1, -0.05) is 12.2 Å². The Hall–Kier alpha value is -0.560. The number of hydrogen-bond acceptors (Lipinski definition) is 5. The number of nitrogens with two attached hydrogens (primary N) is 1. The predicted octanol–water partition coefficient (Wildman–Crippen LogP) is 0.823. The van der Waals surface area contributed by atoms with Crippen LogP contribution in [-0.2, 0) is 9.47 Å². The topological polar surface area (TPSA) is 57.4 Å². The summed E-state index contributed by atoms with van der Waals surface area (Å²) in [4.78, 5) is 4.51. The first-order chi connectivity index (χ1) is 6.27. The van der Waals surface area contributed by atoms with Gasteiger partial charge in [-0.25, -0.2) is 4.98 Å². The summed E-state index contributed by atoms with van der Waals surface area (Å²) in [5.74, 6) is 0. The van der Waals surface area contributed by atoms with E-state index in [0.717, 1.165) is 5.69 Å². The minimum absolute atomic E-state index is 0.314. The SMILES string of the molecule is NC(=S)c1nc(C2OCCO2)cs1. The summed E-state index contributed by atoms with van der Waals surface area (Å²) in [6, 6.07) is 0. The van der Waals surface area contributed by atoms with Crippen LogP contribution in [0.25, 0.3) is 0 Å². The van der Waals surface area contributed by atoms with E-state index in [-0.39, 0.29) is 6.29 Å². The van der Waals surface area contributed by atoms with E-state index in [1.54, 1.807) is 0 Å². The third-order valence-corrected chi connectivity index (χ3v) is 2.81. The van der Waals surface area contributed by atoms with Gasteiger partial charge < -0.3 is 15.2 Å². The van der Waals surface area contributed by atoms with E-state index < -0.39 is 0 Å². The molecule has 2 rings (SSSR count). The number of thiazole rings is 1. The van der Waals surface area contributed by atoms with Gasteiger partial charge in [0.15, 0.2) is 5.01 Å². The van der Waals surface area contributed by atoms with Crippen molar-refractivity contribution in [2.24, 2.45) is 5.73 Å². The molecule has 0 saturated carbocycles. The molecule has 0 atom stereocenters. The Labute approximate surface area is 84.7 Å². The van der Waals surface area contributed by atoms with Gasteiger partial charge in [-0.15, -0.1) is 11.3 Å². The van der Waals surface area contributed by atoms with Crippen molar-refractivity contribution >= 4 is 28.5 Å². The standard InChI is InChI=1S/C7H8N2O2S2/c8-5(12)6-9-4(3-13-6)7-10-1-2-11-7/h3,7H,1-2H2,(H2,8,12). The molecule has 6 heteroatoms. The number of rotatable bonds is 2. The van der Waals surface area contributed by atoms with Crippen LogP contribution in [0.3, 0.4) is 0 Å². The molecule has 0 aromatic carbocycles. The highest BCUT2D eigenvalue weighted by atomic mass is 32.1. The summed E-state index contributed by atoms with van der Waals surface area (Å²) >= 11 is 6.20. The van der Waals surface area contributed by atoms with E-state index in [2.05, 4.69) is 4.98 Å². The fraction of sp³-hybridized carbons (Fsp3) is 0.429. The number of ether oxygens (including phenoxy) is 2. The molecule has 1 aliphatic heterocycles. The number of aromatic nitrogens is 1. The van der Waals surface area contributed by atoms with Crippen LogP contribution in [0.1, 0.15) is 17.0 Å². The van der Waals surface area contributed by atoms with Crippen molar-refractivity contribution in [2.45, 2.75) is 6.29 Å². The molecule has 0 amide bonds. The van der Waals surface area contributed by atoms with Gasteiger partial charge in [0.2, 0.25) is 6.29 Å². The largest absolute Gasteiger partial charge is 0.387 e. The van der Waals surface area contributed by atoms with Gasteiger partial charge >= 0.3 is 0 Å². The lowest BCUT2D eigenvalue weighted by atomic mass is 10.5. The molecule has 4 nitrogen and oxygen atoms in total. The molecule has 1 aromatic heterocycles. The Morgan fingerprint density at radius 3 is 2.85 bits per heavy atom. The van der Waals surface area contributed by atoms with Gasteiger partial charge in [0.25, 0.3) is 0 Å². The van der Waals surface area contributed by atoms with Crippen LogP contribution in [0, 0.1) is 0 Å². The Morgan fingerprint density at radius 2 is 2.31 bits per heavy atom. The summed E-state index contributed by atoms with van der Waals surface area (Å²) in [6.07, 6.45) is -0.334. The van der Waals surface area contributed by atoms with E-state index in [1.165, 1.54) is 11.3 Å². The monoisotopic (exact) mass is 216 g/mol. The van der Waals surface area contributed by atoms with Crippen molar-refractivity contribution in [2.75, 3.05) is 13.2 Å². The zero-order valence-corrected chi connectivity index (χ0v) is 8.36. The average molecular weight is 216 g/mol. The van der Waals surface area contributed by atoms with Crippen molar-refractivity contribution in [1.29, 1.82) is 0 Å². The van der Waals surface area contributed by atoms with Crippen molar-refractivity contribution in [3.05, 3.63) is 16.1 Å². The lowest BCUT2D eigenvalue weighted by Crippen LogP contribution is -2.09. The molecule has 2 heterocycles. The fourth-order valence-corrected chi connectivity index (χ4v) is 1.90. The zero-order valence-electron chi connectivity index (χ0n) is 6.73. The van der Waals surface area contributed by atoms with Crippen LogP contribution in [0.4, 0.5) is 0 Å². The number of hydrogen-bond donors (Lipinski definition) is 1. The van der Waals surface area contributed by atoms with Gasteiger partial charge in [-0.2, -0.15) is 0 Å². The fourth-order valence-electron chi connectivity index (χ4n) is 1.04. The van der Waals surface area contributed by atoms with Crippen LogP contribution in [0.2, 0.25) is 0 Å². The molecular formula is C7H8N2O2S2. The maximum atomic E-state index is 5.42. The van der Waals surface area contributed by atoms with E-state index in [9.17, 15) is 0 Å². The van der Waals surface area contributed by atoms with Crippen LogP contribution < -0.4 is 5.73 Å². The highest BCUT2D eigenvalue weighted by Gasteiger charge is 2.21. The molecule has 70 valence electrons. The molecule has 0 unspecified atom stereocenters. The molecule has 13 heavy (non-hydrogen) atoms. The predicted molar refractivity (Wildman–Crippen MR) is 52.6 cm³/mol. The van der Waals surface area contributed by atoms with Crippen LogP contribution in [0.5, 0.6) is 0 Å². The first-order valence-corrected chi connectivity index (χ1v) is 5.04. The summed E-state index contributed by atoms with van der Waals surface area (Å²) in [5, 5.41) is 2.51. The molecule has 0 radical (unpaired) electrons. The van der Waals surface area contributed by atoms with Crippen LogP contribution in [0.15, 0.2) is 5.38 Å². The molecular weight excluding hydrogens is 208 g/mol. The molecule has 2 N–H and O–H groups in total. The highest BCUT2D eigenvalue weighted by molar-refractivity contribution is 7.81. The number of nitrogens with zero attached hydrogens (tertiary/aromatic N) is 1. The summed E-state index contributed by atoms with van der Waals surface area (Å²) < 4.78 is 10.5. The van der Waals surface area contributed by atoms with Crippen molar-refractivity contribution in [1.82, 2.24) is 4.98 Å². The summed E-state index contributed by atoms with van der Waals surface area (Å²) in [6.45, 7) is 1.23. The van der Waals surface area contributed by atoms with E-state index >= 15 is 0 Å². The second-order valence-corrected chi connectivity index (χ2v) is 3.81. The second kappa shape index (κ2) is 3.67. The molecule has 1 fully saturated rings. The van der Waals surface area contributed by atoms with Gasteiger partial charge in [0.1, 0.15) is 10.7 Å². The van der Waals surface area contributed by atoms with Crippen molar-refractivity contribution < 1.29 is 9.47 Å². The molecule has 0 aliphatic carbocycles. The first kappa shape index (κ1) is 9.01. The molecule has 1 aliphatic rings. The third-order valence-electron chi connectivity index (χ3n) is 1.60. The minimum atomic E-state index is -0.334. The maximum absolute atomic E-state index is 5.42. The van der Waals surface area contributed by atoms with Gasteiger partial charge in [-0.05, 0) is 0 Å². The van der Waals surface area contributed by atoms with E-state index in [1.807, 2.05) is 5.38 Å². The quantitative estimate of drug-likeness (QED) is 0.742. The Kier molecular flexibility index (Phi) is 2.54. The summed E-state index contributed by atoms with van der Waals surface area (Å²) in [7, 11) is 0. The normalized spacial score (nSPS) is 17.8. The second-order valence-electron chi connectivity index (χ2n) is 2.52. The first-order valence-electron chi connectivity index (χ1n) is 3.76. The molecule has 1 aromatic rings. The molecule has 1 saturated heterocycles. The zero-order chi connectivity index (χ0) is 9.26. The number of thiocarbonyl (C=S) groups is 1. The van der Waals surface area contributed by atoms with Crippen LogP contribution >= 0.6 is 23.6 Å². The molecule has 0 bridgehead atoms. The Morgan fingerprint density at radius 1 is 1.62 bits per heavy atom.